The van der Waals surface area contributed by atoms with E-state index in [4.69, 9.17) is 0 Å². The first-order valence-corrected chi connectivity index (χ1v) is 8.04. The van der Waals surface area contributed by atoms with Crippen LogP contribution >= 0.6 is 0 Å². The third-order valence-corrected chi connectivity index (χ3v) is 3.75. The molecule has 0 N–H and O–H groups in total. The van der Waals surface area contributed by atoms with E-state index in [1.807, 2.05) is 24.3 Å². The maximum absolute atomic E-state index is 11.1. The van der Waals surface area contributed by atoms with Crippen LogP contribution in [0.15, 0.2) is 54.9 Å². The van der Waals surface area contributed by atoms with Gasteiger partial charge in [0.15, 0.2) is 0 Å². The molecule has 2 aromatic rings. The van der Waals surface area contributed by atoms with Crippen molar-refractivity contribution >= 4 is 17.2 Å². The summed E-state index contributed by atoms with van der Waals surface area (Å²) in [4.78, 5) is 25.9. The second-order valence-corrected chi connectivity index (χ2v) is 5.49. The Bertz CT molecular complexity index is 757. The minimum atomic E-state index is -0.402. The van der Waals surface area contributed by atoms with Gasteiger partial charge in [-0.2, -0.15) is 0 Å². The van der Waals surface area contributed by atoms with Gasteiger partial charge in [-0.05, 0) is 36.5 Å². The number of ether oxygens (including phenoxy) is 1. The number of esters is 1. The van der Waals surface area contributed by atoms with Crippen LogP contribution in [0, 0.1) is 10.1 Å². The SMILES string of the molecule is COC(=O)CCCC/C=C(\c1cccnc1)c1cccc([N+](=O)[O-])c1. The number of carbonyl (C=O) groups is 1. The summed E-state index contributed by atoms with van der Waals surface area (Å²) in [6.45, 7) is 0. The number of non-ortho nitro benzene ring substituents is 1. The van der Waals surface area contributed by atoms with Gasteiger partial charge >= 0.3 is 5.97 Å². The number of benzene rings is 1. The fourth-order valence-electron chi connectivity index (χ4n) is 2.47. The first-order valence-electron chi connectivity index (χ1n) is 8.04. The molecule has 2 rings (SSSR count). The number of carbonyl (C=O) groups excluding carboxylic acids is 1. The van der Waals surface area contributed by atoms with Crippen LogP contribution < -0.4 is 0 Å². The molecule has 0 saturated carbocycles. The zero-order valence-electron chi connectivity index (χ0n) is 14.1. The maximum Gasteiger partial charge on any atom is 0.305 e. The van der Waals surface area contributed by atoms with Crippen LogP contribution in [0.2, 0.25) is 0 Å². The summed E-state index contributed by atoms with van der Waals surface area (Å²) in [5, 5.41) is 11.0. The van der Waals surface area contributed by atoms with E-state index in [0.717, 1.165) is 36.0 Å². The van der Waals surface area contributed by atoms with E-state index in [1.54, 1.807) is 24.5 Å². The van der Waals surface area contributed by atoms with Gasteiger partial charge < -0.3 is 4.74 Å². The average molecular weight is 340 g/mol. The first kappa shape index (κ1) is 18.3. The minimum Gasteiger partial charge on any atom is -0.469 e. The summed E-state index contributed by atoms with van der Waals surface area (Å²) in [5.41, 5.74) is 2.62. The van der Waals surface area contributed by atoms with Gasteiger partial charge in [0.2, 0.25) is 0 Å². The van der Waals surface area contributed by atoms with Crippen LogP contribution in [0.25, 0.3) is 5.57 Å². The number of hydrogen-bond acceptors (Lipinski definition) is 5. The molecule has 0 spiro atoms. The normalized spacial score (nSPS) is 11.2. The summed E-state index contributed by atoms with van der Waals surface area (Å²) < 4.78 is 4.63. The largest absolute Gasteiger partial charge is 0.469 e. The molecule has 0 aliphatic carbocycles. The van der Waals surface area contributed by atoms with E-state index in [-0.39, 0.29) is 11.7 Å². The molecule has 0 fully saturated rings. The number of pyridine rings is 1. The molecule has 6 nitrogen and oxygen atoms in total. The van der Waals surface area contributed by atoms with Crippen molar-refractivity contribution in [3.05, 3.63) is 76.1 Å². The van der Waals surface area contributed by atoms with Gasteiger partial charge in [0, 0.05) is 36.5 Å². The molecule has 130 valence electrons. The van der Waals surface area contributed by atoms with E-state index in [0.29, 0.717) is 6.42 Å². The smallest absolute Gasteiger partial charge is 0.305 e. The predicted octanol–water partition coefficient (Wildman–Crippen LogP) is 4.15. The Morgan fingerprint density at radius 3 is 2.72 bits per heavy atom. The highest BCUT2D eigenvalue weighted by Gasteiger charge is 2.10. The molecule has 0 bridgehead atoms. The molecular weight excluding hydrogens is 320 g/mol. The topological polar surface area (TPSA) is 82.3 Å². The molecule has 1 aromatic heterocycles. The summed E-state index contributed by atoms with van der Waals surface area (Å²) in [7, 11) is 1.38. The third-order valence-electron chi connectivity index (χ3n) is 3.75. The Morgan fingerprint density at radius 1 is 1.24 bits per heavy atom. The van der Waals surface area contributed by atoms with Gasteiger partial charge in [-0.3, -0.25) is 19.9 Å². The monoisotopic (exact) mass is 340 g/mol. The Labute approximate surface area is 146 Å². The van der Waals surface area contributed by atoms with E-state index in [1.165, 1.54) is 13.2 Å². The van der Waals surface area contributed by atoms with Gasteiger partial charge in [0.05, 0.1) is 12.0 Å². The lowest BCUT2D eigenvalue weighted by Crippen LogP contribution is -1.99. The zero-order valence-corrected chi connectivity index (χ0v) is 14.1. The summed E-state index contributed by atoms with van der Waals surface area (Å²) in [6.07, 6.45) is 8.16. The average Bonchev–Trinajstić information content (AvgIpc) is 2.65. The molecule has 1 heterocycles. The number of aromatic nitrogens is 1. The van der Waals surface area contributed by atoms with Gasteiger partial charge in [-0.15, -0.1) is 0 Å². The third kappa shape index (κ3) is 5.53. The fraction of sp³-hybridized carbons (Fsp3) is 0.263. The molecule has 25 heavy (non-hydrogen) atoms. The van der Waals surface area contributed by atoms with Crippen molar-refractivity contribution in [3.8, 4) is 0 Å². The zero-order chi connectivity index (χ0) is 18.1. The molecule has 1 aromatic carbocycles. The highest BCUT2D eigenvalue weighted by molar-refractivity contribution is 5.80. The van der Waals surface area contributed by atoms with Crippen LogP contribution in [0.5, 0.6) is 0 Å². The number of unbranched alkanes of at least 4 members (excludes halogenated alkanes) is 2. The van der Waals surface area contributed by atoms with Gasteiger partial charge in [-0.25, -0.2) is 0 Å². The number of methoxy groups -OCH3 is 1. The van der Waals surface area contributed by atoms with E-state index >= 15 is 0 Å². The maximum atomic E-state index is 11.1. The van der Waals surface area contributed by atoms with Crippen molar-refractivity contribution in [1.29, 1.82) is 0 Å². The van der Waals surface area contributed by atoms with E-state index in [2.05, 4.69) is 9.72 Å². The van der Waals surface area contributed by atoms with Crippen molar-refractivity contribution in [2.45, 2.75) is 25.7 Å². The number of nitro benzene ring substituents is 1. The van der Waals surface area contributed by atoms with Crippen molar-refractivity contribution < 1.29 is 14.5 Å². The molecule has 0 saturated heterocycles. The first-order chi connectivity index (χ1) is 12.1. The second-order valence-electron chi connectivity index (χ2n) is 5.49. The number of nitro groups is 1. The molecular formula is C19H20N2O4. The van der Waals surface area contributed by atoms with Crippen LogP contribution in [0.4, 0.5) is 5.69 Å². The lowest BCUT2D eigenvalue weighted by atomic mass is 9.97. The molecule has 0 unspecified atom stereocenters. The van der Waals surface area contributed by atoms with Crippen molar-refractivity contribution in [3.63, 3.8) is 0 Å². The Balaban J connectivity index is 2.19. The molecule has 0 atom stereocenters. The van der Waals surface area contributed by atoms with Crippen molar-refractivity contribution in [1.82, 2.24) is 4.98 Å². The van der Waals surface area contributed by atoms with Crippen molar-refractivity contribution in [2.24, 2.45) is 0 Å². The molecule has 6 heteroatoms. The molecule has 0 aliphatic heterocycles. The van der Waals surface area contributed by atoms with Crippen molar-refractivity contribution in [2.75, 3.05) is 7.11 Å². The summed E-state index contributed by atoms with van der Waals surface area (Å²) >= 11 is 0. The van der Waals surface area contributed by atoms with E-state index in [9.17, 15) is 14.9 Å². The van der Waals surface area contributed by atoms with Gasteiger partial charge in [-0.1, -0.05) is 24.3 Å². The number of hydrogen-bond donors (Lipinski definition) is 0. The number of rotatable bonds is 8. The minimum absolute atomic E-state index is 0.0537. The molecule has 0 radical (unpaired) electrons. The predicted molar refractivity (Wildman–Crippen MR) is 94.9 cm³/mol. The Morgan fingerprint density at radius 2 is 2.04 bits per heavy atom. The van der Waals surface area contributed by atoms with Crippen LogP contribution in [-0.2, 0) is 9.53 Å². The van der Waals surface area contributed by atoms with E-state index < -0.39 is 4.92 Å². The van der Waals surface area contributed by atoms with Crippen LogP contribution in [0.1, 0.15) is 36.8 Å². The lowest BCUT2D eigenvalue weighted by molar-refractivity contribution is -0.384. The van der Waals surface area contributed by atoms with Gasteiger partial charge in [0.25, 0.3) is 5.69 Å². The van der Waals surface area contributed by atoms with Crippen LogP contribution in [0.3, 0.4) is 0 Å². The molecule has 0 amide bonds. The van der Waals surface area contributed by atoms with Gasteiger partial charge in [0.1, 0.15) is 0 Å². The summed E-state index contributed by atoms with van der Waals surface area (Å²) in [5.74, 6) is -0.213. The lowest BCUT2D eigenvalue weighted by Gasteiger charge is -2.08. The van der Waals surface area contributed by atoms with Crippen LogP contribution in [-0.4, -0.2) is 23.0 Å². The Kier molecular flexibility index (Phi) is 6.83. The fourth-order valence-corrected chi connectivity index (χ4v) is 2.47. The molecule has 0 aliphatic rings. The summed E-state index contributed by atoms with van der Waals surface area (Å²) in [6, 6.07) is 10.3. The quantitative estimate of drug-likeness (QED) is 0.312. The Hall–Kier alpha value is -3.02. The number of allylic oxidation sites excluding steroid dienone is 1. The standard InChI is InChI=1S/C19H20N2O4/c1-25-19(22)11-4-2-3-10-18(16-8-6-12-20-14-16)15-7-5-9-17(13-15)21(23)24/h5-10,12-14H,2-4,11H2,1H3/b18-10-. The highest BCUT2D eigenvalue weighted by atomic mass is 16.6. The number of nitrogens with zero attached hydrogens (tertiary/aromatic N) is 2. The highest BCUT2D eigenvalue weighted by Crippen LogP contribution is 2.26. The second kappa shape index (κ2) is 9.32.